The third-order valence-electron chi connectivity index (χ3n) is 3.06. The van der Waals surface area contributed by atoms with Gasteiger partial charge in [0.05, 0.1) is 23.2 Å². The quantitative estimate of drug-likeness (QED) is 0.827. The van der Waals surface area contributed by atoms with E-state index in [0.717, 1.165) is 29.9 Å². The number of benzene rings is 1. The molecule has 1 aliphatic rings. The van der Waals surface area contributed by atoms with E-state index >= 15 is 0 Å². The molecule has 0 radical (unpaired) electrons. The number of ether oxygens (including phenoxy) is 1. The Bertz CT molecular complexity index is 570. The van der Waals surface area contributed by atoms with Gasteiger partial charge >= 0.3 is 5.97 Å². The number of rotatable bonds is 2. The molecule has 0 saturated carbocycles. The van der Waals surface area contributed by atoms with Crippen LogP contribution in [0.4, 0.5) is 0 Å². The molecule has 1 aliphatic heterocycles. The SMILES string of the molecule is O=C(O)c1ccc2nc([C@@H]3CCOC3)[nH]c2c1. The molecule has 0 bridgehead atoms. The minimum absolute atomic E-state index is 0.273. The van der Waals surface area contributed by atoms with Gasteiger partial charge in [-0.3, -0.25) is 0 Å². The molecule has 0 aliphatic carbocycles. The minimum atomic E-state index is -0.924. The number of imidazole rings is 1. The Kier molecular flexibility index (Phi) is 2.33. The molecule has 1 atom stereocenters. The van der Waals surface area contributed by atoms with Gasteiger partial charge in [-0.25, -0.2) is 9.78 Å². The van der Waals surface area contributed by atoms with Crippen LogP contribution in [0, 0.1) is 0 Å². The summed E-state index contributed by atoms with van der Waals surface area (Å²) in [5, 5.41) is 8.91. The van der Waals surface area contributed by atoms with Crippen molar-refractivity contribution in [3.05, 3.63) is 29.6 Å². The molecule has 3 rings (SSSR count). The second kappa shape index (κ2) is 3.85. The van der Waals surface area contributed by atoms with Crippen molar-refractivity contribution in [3.8, 4) is 0 Å². The molecule has 17 heavy (non-hydrogen) atoms. The Labute approximate surface area is 97.4 Å². The van der Waals surface area contributed by atoms with Crippen LogP contribution in [0.5, 0.6) is 0 Å². The van der Waals surface area contributed by atoms with Crippen molar-refractivity contribution in [2.45, 2.75) is 12.3 Å². The summed E-state index contributed by atoms with van der Waals surface area (Å²) in [7, 11) is 0. The van der Waals surface area contributed by atoms with E-state index < -0.39 is 5.97 Å². The van der Waals surface area contributed by atoms with Crippen LogP contribution in [0.2, 0.25) is 0 Å². The van der Waals surface area contributed by atoms with Crippen LogP contribution in [0.15, 0.2) is 18.2 Å². The largest absolute Gasteiger partial charge is 0.478 e. The summed E-state index contributed by atoms with van der Waals surface area (Å²) in [5.74, 6) is 0.267. The van der Waals surface area contributed by atoms with Crippen molar-refractivity contribution in [1.29, 1.82) is 0 Å². The Morgan fingerprint density at radius 1 is 1.53 bits per heavy atom. The molecule has 1 saturated heterocycles. The first-order chi connectivity index (χ1) is 8.24. The van der Waals surface area contributed by atoms with Crippen LogP contribution in [0.1, 0.15) is 28.5 Å². The number of aromatic amines is 1. The van der Waals surface area contributed by atoms with Gasteiger partial charge in [0.25, 0.3) is 0 Å². The first kappa shape index (κ1) is 10.3. The number of hydrogen-bond acceptors (Lipinski definition) is 3. The average molecular weight is 232 g/mol. The Morgan fingerprint density at radius 3 is 3.12 bits per heavy atom. The summed E-state index contributed by atoms with van der Waals surface area (Å²) in [4.78, 5) is 18.5. The zero-order valence-corrected chi connectivity index (χ0v) is 9.14. The number of H-pyrrole nitrogens is 1. The van der Waals surface area contributed by atoms with E-state index in [-0.39, 0.29) is 5.56 Å². The maximum absolute atomic E-state index is 10.9. The van der Waals surface area contributed by atoms with Gasteiger partial charge in [-0.2, -0.15) is 0 Å². The van der Waals surface area contributed by atoms with Crippen LogP contribution in [-0.2, 0) is 4.74 Å². The number of hydrogen-bond donors (Lipinski definition) is 2. The Hall–Kier alpha value is -1.88. The summed E-state index contributed by atoms with van der Waals surface area (Å²) in [6, 6.07) is 4.92. The van der Waals surface area contributed by atoms with Crippen LogP contribution >= 0.6 is 0 Å². The summed E-state index contributed by atoms with van der Waals surface area (Å²) in [6.45, 7) is 1.45. The molecular formula is C12H12N2O3. The van der Waals surface area contributed by atoms with Gasteiger partial charge in [-0.1, -0.05) is 0 Å². The number of aromatic nitrogens is 2. The number of carbonyl (C=O) groups is 1. The standard InChI is InChI=1S/C12H12N2O3/c15-12(16)7-1-2-9-10(5-7)14-11(13-9)8-3-4-17-6-8/h1-2,5,8H,3-4,6H2,(H,13,14)(H,15,16)/t8-/m1/s1. The molecule has 5 nitrogen and oxygen atoms in total. The van der Waals surface area contributed by atoms with Gasteiger partial charge in [0.2, 0.25) is 0 Å². The summed E-state index contributed by atoms with van der Waals surface area (Å²) in [6.07, 6.45) is 0.964. The third kappa shape index (κ3) is 1.78. The molecule has 2 aromatic rings. The van der Waals surface area contributed by atoms with Crippen LogP contribution < -0.4 is 0 Å². The average Bonchev–Trinajstić information content (AvgIpc) is 2.96. The highest BCUT2D eigenvalue weighted by atomic mass is 16.5. The van der Waals surface area contributed by atoms with E-state index in [0.29, 0.717) is 12.5 Å². The lowest BCUT2D eigenvalue weighted by molar-refractivity contribution is 0.0697. The molecular weight excluding hydrogens is 220 g/mol. The fraction of sp³-hybridized carbons (Fsp3) is 0.333. The highest BCUT2D eigenvalue weighted by molar-refractivity contribution is 5.92. The molecule has 88 valence electrons. The molecule has 1 aromatic heterocycles. The maximum Gasteiger partial charge on any atom is 0.335 e. The Morgan fingerprint density at radius 2 is 2.41 bits per heavy atom. The number of carboxylic acids is 1. The highest BCUT2D eigenvalue weighted by Gasteiger charge is 2.21. The lowest BCUT2D eigenvalue weighted by atomic mass is 10.1. The van der Waals surface area contributed by atoms with Crippen molar-refractivity contribution >= 4 is 17.0 Å². The van der Waals surface area contributed by atoms with Crippen molar-refractivity contribution in [1.82, 2.24) is 9.97 Å². The number of fused-ring (bicyclic) bond motifs is 1. The lowest BCUT2D eigenvalue weighted by Gasteiger charge is -2.00. The number of nitrogens with zero attached hydrogens (tertiary/aromatic N) is 1. The molecule has 5 heteroatoms. The van der Waals surface area contributed by atoms with Crippen molar-refractivity contribution in [2.75, 3.05) is 13.2 Å². The minimum Gasteiger partial charge on any atom is -0.478 e. The molecule has 0 amide bonds. The van der Waals surface area contributed by atoms with Gasteiger partial charge in [0, 0.05) is 12.5 Å². The summed E-state index contributed by atoms with van der Waals surface area (Å²) in [5.41, 5.74) is 1.85. The summed E-state index contributed by atoms with van der Waals surface area (Å²) < 4.78 is 5.32. The zero-order chi connectivity index (χ0) is 11.8. The van der Waals surface area contributed by atoms with E-state index in [2.05, 4.69) is 9.97 Å². The maximum atomic E-state index is 10.9. The normalized spacial score (nSPS) is 19.9. The zero-order valence-electron chi connectivity index (χ0n) is 9.14. The van der Waals surface area contributed by atoms with Gasteiger partial charge in [-0.15, -0.1) is 0 Å². The molecule has 0 spiro atoms. The third-order valence-corrected chi connectivity index (χ3v) is 3.06. The number of nitrogens with one attached hydrogen (secondary N) is 1. The van der Waals surface area contributed by atoms with E-state index in [1.807, 2.05) is 0 Å². The van der Waals surface area contributed by atoms with Gasteiger partial charge in [0.15, 0.2) is 0 Å². The van der Waals surface area contributed by atoms with Gasteiger partial charge in [0.1, 0.15) is 5.82 Å². The van der Waals surface area contributed by atoms with Crippen molar-refractivity contribution in [2.24, 2.45) is 0 Å². The van der Waals surface area contributed by atoms with E-state index in [9.17, 15) is 4.79 Å². The first-order valence-corrected chi connectivity index (χ1v) is 5.55. The molecule has 0 unspecified atom stereocenters. The molecule has 1 aromatic carbocycles. The summed E-state index contributed by atoms with van der Waals surface area (Å²) >= 11 is 0. The fourth-order valence-electron chi connectivity index (χ4n) is 2.11. The van der Waals surface area contributed by atoms with Crippen LogP contribution in [-0.4, -0.2) is 34.3 Å². The second-order valence-electron chi connectivity index (χ2n) is 4.22. The van der Waals surface area contributed by atoms with E-state index in [1.165, 1.54) is 0 Å². The lowest BCUT2D eigenvalue weighted by Crippen LogP contribution is -1.99. The topological polar surface area (TPSA) is 75.2 Å². The second-order valence-corrected chi connectivity index (χ2v) is 4.22. The van der Waals surface area contributed by atoms with Crippen molar-refractivity contribution < 1.29 is 14.6 Å². The monoisotopic (exact) mass is 232 g/mol. The van der Waals surface area contributed by atoms with Crippen LogP contribution in [0.3, 0.4) is 0 Å². The molecule has 2 heterocycles. The predicted molar refractivity (Wildman–Crippen MR) is 61.2 cm³/mol. The molecule has 1 fully saturated rings. The van der Waals surface area contributed by atoms with E-state index in [1.54, 1.807) is 18.2 Å². The fourth-order valence-corrected chi connectivity index (χ4v) is 2.11. The highest BCUT2D eigenvalue weighted by Crippen LogP contribution is 2.25. The van der Waals surface area contributed by atoms with Gasteiger partial charge in [-0.05, 0) is 24.6 Å². The number of carboxylic acid groups (broad SMARTS) is 1. The van der Waals surface area contributed by atoms with Gasteiger partial charge < -0.3 is 14.8 Å². The van der Waals surface area contributed by atoms with E-state index in [4.69, 9.17) is 9.84 Å². The Balaban J connectivity index is 2.03. The first-order valence-electron chi connectivity index (χ1n) is 5.55. The number of aromatic carboxylic acids is 1. The molecule has 2 N–H and O–H groups in total. The smallest absolute Gasteiger partial charge is 0.335 e. The predicted octanol–water partition coefficient (Wildman–Crippen LogP) is 1.76. The van der Waals surface area contributed by atoms with Crippen LogP contribution in [0.25, 0.3) is 11.0 Å². The van der Waals surface area contributed by atoms with Crippen molar-refractivity contribution in [3.63, 3.8) is 0 Å².